The minimum Gasteiger partial charge on any atom is -0.299 e. The number of pyridine rings is 1. The maximum Gasteiger partial charge on any atom is 0.164 e. The van der Waals surface area contributed by atoms with Crippen molar-refractivity contribution in [3.8, 4) is 90.1 Å². The number of nitrogens with zero attached hydrogens (tertiary/aromatic N) is 5. The van der Waals surface area contributed by atoms with Gasteiger partial charge in [-0.05, 0) is 69.8 Å². The lowest BCUT2D eigenvalue weighted by Gasteiger charge is -2.14. The molecule has 57 heavy (non-hydrogen) atoms. The Morgan fingerprint density at radius 2 is 0.667 bits per heavy atom. The monoisotopic (exact) mass is 729 g/mol. The van der Waals surface area contributed by atoms with Crippen LogP contribution >= 0.6 is 0 Å². The van der Waals surface area contributed by atoms with Crippen molar-refractivity contribution < 1.29 is 0 Å². The molecule has 268 valence electrons. The predicted octanol–water partition coefficient (Wildman–Crippen LogP) is 12.9. The summed E-state index contributed by atoms with van der Waals surface area (Å²) >= 11 is 0. The van der Waals surface area contributed by atoms with Gasteiger partial charge in [-0.1, -0.05) is 170 Å². The minimum absolute atomic E-state index is 0.612. The van der Waals surface area contributed by atoms with E-state index in [2.05, 4.69) is 168 Å². The Morgan fingerprint density at radius 1 is 0.263 bits per heavy atom. The molecule has 0 amide bonds. The fraction of sp³-hybridized carbons (Fsp3) is 0. The van der Waals surface area contributed by atoms with Crippen molar-refractivity contribution in [3.05, 3.63) is 212 Å². The first-order valence-corrected chi connectivity index (χ1v) is 19.1. The minimum atomic E-state index is 0.612. The van der Waals surface area contributed by atoms with Gasteiger partial charge in [-0.3, -0.25) is 4.40 Å². The van der Waals surface area contributed by atoms with Crippen LogP contribution in [0.25, 0.3) is 95.7 Å². The van der Waals surface area contributed by atoms with Gasteiger partial charge in [0.2, 0.25) is 0 Å². The molecule has 0 atom stereocenters. The quantitative estimate of drug-likeness (QED) is 0.156. The Kier molecular flexibility index (Phi) is 8.78. The predicted molar refractivity (Wildman–Crippen MR) is 232 cm³/mol. The van der Waals surface area contributed by atoms with Crippen molar-refractivity contribution in [2.75, 3.05) is 0 Å². The number of imidazole rings is 1. The van der Waals surface area contributed by atoms with Gasteiger partial charge >= 0.3 is 0 Å². The van der Waals surface area contributed by atoms with Gasteiger partial charge in [-0.15, -0.1) is 0 Å². The van der Waals surface area contributed by atoms with Crippen molar-refractivity contribution in [1.82, 2.24) is 24.3 Å². The highest BCUT2D eigenvalue weighted by Gasteiger charge is 2.19. The van der Waals surface area contributed by atoms with Crippen molar-refractivity contribution in [2.45, 2.75) is 0 Å². The molecule has 0 radical (unpaired) electrons. The third-order valence-corrected chi connectivity index (χ3v) is 10.3. The van der Waals surface area contributed by atoms with E-state index in [0.29, 0.717) is 17.5 Å². The summed E-state index contributed by atoms with van der Waals surface area (Å²) in [6.07, 6.45) is 2.09. The van der Waals surface area contributed by atoms with Crippen molar-refractivity contribution in [1.29, 1.82) is 0 Å². The number of aromatic nitrogens is 5. The third-order valence-electron chi connectivity index (χ3n) is 10.3. The number of benzene rings is 7. The van der Waals surface area contributed by atoms with E-state index in [1.807, 2.05) is 48.5 Å². The van der Waals surface area contributed by atoms with Gasteiger partial charge in [0.25, 0.3) is 0 Å². The van der Waals surface area contributed by atoms with Crippen LogP contribution < -0.4 is 0 Å². The van der Waals surface area contributed by atoms with Crippen molar-refractivity contribution >= 4 is 5.65 Å². The number of rotatable bonds is 8. The molecule has 0 aliphatic rings. The largest absolute Gasteiger partial charge is 0.299 e. The van der Waals surface area contributed by atoms with Gasteiger partial charge in [0, 0.05) is 34.0 Å². The maximum atomic E-state index is 5.14. The van der Waals surface area contributed by atoms with Crippen LogP contribution in [0.5, 0.6) is 0 Å². The molecule has 5 heteroatoms. The van der Waals surface area contributed by atoms with Crippen LogP contribution in [0.3, 0.4) is 0 Å². The SMILES string of the molecule is c1ccc(-c2ccc(-c3nc(-c4ccccc4)nc(-c4cccc(-c5cc(-c6ccccc6)cc(-c6c(-c7ccccc7)nc7ccccn67)c5)c4)n3)cc2)cc1. The summed E-state index contributed by atoms with van der Waals surface area (Å²) in [4.78, 5) is 20.3. The van der Waals surface area contributed by atoms with E-state index < -0.39 is 0 Å². The summed E-state index contributed by atoms with van der Waals surface area (Å²) in [5.41, 5.74) is 14.5. The van der Waals surface area contributed by atoms with Gasteiger partial charge in [0.05, 0.1) is 11.4 Å². The molecule has 0 aliphatic carbocycles. The van der Waals surface area contributed by atoms with Gasteiger partial charge in [0.1, 0.15) is 5.65 Å². The Balaban J connectivity index is 1.12. The number of fused-ring (bicyclic) bond motifs is 1. The Hall–Kier alpha value is -7.76. The summed E-state index contributed by atoms with van der Waals surface area (Å²) in [7, 11) is 0. The first-order valence-electron chi connectivity index (χ1n) is 19.1. The van der Waals surface area contributed by atoms with E-state index in [4.69, 9.17) is 19.9 Å². The fourth-order valence-corrected chi connectivity index (χ4v) is 7.43. The molecule has 0 aliphatic heterocycles. The summed E-state index contributed by atoms with van der Waals surface area (Å²) in [6, 6.07) is 71.4. The molecular formula is C52H35N5. The molecule has 0 unspecified atom stereocenters. The first-order chi connectivity index (χ1) is 28.2. The van der Waals surface area contributed by atoms with E-state index in [0.717, 1.165) is 72.7 Å². The van der Waals surface area contributed by atoms with Crippen LogP contribution in [0.4, 0.5) is 0 Å². The molecule has 3 aromatic heterocycles. The lowest BCUT2D eigenvalue weighted by Crippen LogP contribution is -2.00. The molecule has 0 fully saturated rings. The van der Waals surface area contributed by atoms with Gasteiger partial charge in [-0.25, -0.2) is 19.9 Å². The molecule has 10 rings (SSSR count). The standard InChI is InChI=1S/C52H35N5/c1-5-16-36(17-6-1)38-27-29-41(30-28-38)51-54-50(40-22-11-4-12-23-40)55-52(56-51)43-25-15-24-42(32-43)45-33-44(37-18-7-2-8-19-37)34-46(35-45)49-48(39-20-9-3-10-21-39)53-47-26-13-14-31-57(47)49/h1-35H. The van der Waals surface area contributed by atoms with Crippen LogP contribution in [0.1, 0.15) is 0 Å². The molecule has 0 saturated heterocycles. The molecule has 10 aromatic rings. The van der Waals surface area contributed by atoms with Crippen LogP contribution in [0.15, 0.2) is 212 Å². The lowest BCUT2D eigenvalue weighted by atomic mass is 9.93. The topological polar surface area (TPSA) is 56.0 Å². The van der Waals surface area contributed by atoms with E-state index >= 15 is 0 Å². The Morgan fingerprint density at radius 3 is 1.30 bits per heavy atom. The van der Waals surface area contributed by atoms with Crippen LogP contribution in [0, 0.1) is 0 Å². The second-order valence-corrected chi connectivity index (χ2v) is 14.0. The van der Waals surface area contributed by atoms with Crippen LogP contribution in [-0.2, 0) is 0 Å². The van der Waals surface area contributed by atoms with Crippen molar-refractivity contribution in [3.63, 3.8) is 0 Å². The first kappa shape index (κ1) is 33.8. The molecule has 0 N–H and O–H groups in total. The van der Waals surface area contributed by atoms with Gasteiger partial charge < -0.3 is 0 Å². The molecular weight excluding hydrogens is 695 g/mol. The fourth-order valence-electron chi connectivity index (χ4n) is 7.43. The summed E-state index contributed by atoms with van der Waals surface area (Å²) in [5.74, 6) is 1.86. The van der Waals surface area contributed by atoms with E-state index in [1.165, 1.54) is 5.56 Å². The zero-order valence-electron chi connectivity index (χ0n) is 30.9. The molecule has 0 bridgehead atoms. The lowest BCUT2D eigenvalue weighted by molar-refractivity contribution is 1.07. The summed E-state index contributed by atoms with van der Waals surface area (Å²) in [6.45, 7) is 0. The van der Waals surface area contributed by atoms with Gasteiger partial charge in [-0.2, -0.15) is 0 Å². The van der Waals surface area contributed by atoms with Crippen LogP contribution in [-0.4, -0.2) is 24.3 Å². The van der Waals surface area contributed by atoms with E-state index in [9.17, 15) is 0 Å². The highest BCUT2D eigenvalue weighted by atomic mass is 15.0. The van der Waals surface area contributed by atoms with E-state index in [-0.39, 0.29) is 0 Å². The molecule has 0 spiro atoms. The summed E-state index contributed by atoms with van der Waals surface area (Å²) in [5, 5.41) is 0. The Bertz CT molecular complexity index is 2980. The smallest absolute Gasteiger partial charge is 0.164 e. The average Bonchev–Trinajstić information content (AvgIpc) is 3.70. The second kappa shape index (κ2) is 14.8. The van der Waals surface area contributed by atoms with Crippen LogP contribution in [0.2, 0.25) is 0 Å². The Labute approximate surface area is 331 Å². The maximum absolute atomic E-state index is 5.14. The average molecular weight is 730 g/mol. The normalized spacial score (nSPS) is 11.2. The third kappa shape index (κ3) is 6.79. The van der Waals surface area contributed by atoms with E-state index in [1.54, 1.807) is 0 Å². The second-order valence-electron chi connectivity index (χ2n) is 14.0. The van der Waals surface area contributed by atoms with Crippen molar-refractivity contribution in [2.24, 2.45) is 0 Å². The molecule has 5 nitrogen and oxygen atoms in total. The zero-order valence-corrected chi connectivity index (χ0v) is 30.9. The molecule has 7 aromatic carbocycles. The zero-order chi connectivity index (χ0) is 38.0. The molecule has 0 saturated carbocycles. The van der Waals surface area contributed by atoms with Gasteiger partial charge in [0.15, 0.2) is 17.5 Å². The number of hydrogen-bond donors (Lipinski definition) is 0. The highest BCUT2D eigenvalue weighted by molar-refractivity contribution is 5.88. The summed E-state index contributed by atoms with van der Waals surface area (Å²) < 4.78 is 2.19. The number of hydrogen-bond acceptors (Lipinski definition) is 4. The molecule has 3 heterocycles. The highest BCUT2D eigenvalue weighted by Crippen LogP contribution is 2.39.